The van der Waals surface area contributed by atoms with Crippen molar-refractivity contribution < 1.29 is 14.3 Å². The van der Waals surface area contributed by atoms with E-state index in [4.69, 9.17) is 4.74 Å². The van der Waals surface area contributed by atoms with Crippen molar-refractivity contribution in [1.82, 2.24) is 9.66 Å². The lowest BCUT2D eigenvalue weighted by molar-refractivity contribution is -0.115. The number of benzene rings is 2. The zero-order chi connectivity index (χ0) is 24.9. The Morgan fingerprint density at radius 2 is 1.97 bits per heavy atom. The zero-order valence-electron chi connectivity index (χ0n) is 19.4. The summed E-state index contributed by atoms with van der Waals surface area (Å²) in [5.41, 5.74) is 4.81. The van der Waals surface area contributed by atoms with E-state index in [1.807, 2.05) is 38.1 Å². The molecule has 8 nitrogen and oxygen atoms in total. The van der Waals surface area contributed by atoms with Gasteiger partial charge in [-0.1, -0.05) is 36.9 Å². The Bertz CT molecular complexity index is 1450. The summed E-state index contributed by atoms with van der Waals surface area (Å²) in [4.78, 5) is 43.9. The number of thioether (sulfide) groups is 1. The molecule has 0 bridgehead atoms. The molecule has 4 rings (SSSR count). The lowest BCUT2D eigenvalue weighted by atomic mass is 10.2. The quantitative estimate of drug-likeness (QED) is 0.265. The van der Waals surface area contributed by atoms with Crippen LogP contribution in [0.3, 0.4) is 0 Å². The fourth-order valence-corrected chi connectivity index (χ4v) is 5.13. The molecular formula is C25H24N4O4S2. The van der Waals surface area contributed by atoms with Gasteiger partial charge in [-0.15, -0.1) is 11.3 Å². The molecule has 2 aromatic carbocycles. The van der Waals surface area contributed by atoms with Crippen LogP contribution in [0.5, 0.6) is 5.75 Å². The minimum atomic E-state index is -0.543. The molecule has 0 radical (unpaired) electrons. The average Bonchev–Trinajstić information content (AvgIpc) is 3.33. The predicted molar refractivity (Wildman–Crippen MR) is 140 cm³/mol. The molecule has 2 N–H and O–H groups in total. The lowest BCUT2D eigenvalue weighted by Gasteiger charge is -2.18. The summed E-state index contributed by atoms with van der Waals surface area (Å²) in [5.74, 6) is -0.193. The van der Waals surface area contributed by atoms with Crippen molar-refractivity contribution >= 4 is 50.8 Å². The maximum atomic E-state index is 13.2. The van der Waals surface area contributed by atoms with Gasteiger partial charge in [0.15, 0.2) is 5.16 Å². The summed E-state index contributed by atoms with van der Waals surface area (Å²) < 4.78 is 6.73. The van der Waals surface area contributed by atoms with E-state index in [1.165, 1.54) is 18.4 Å². The number of rotatable bonds is 8. The first-order valence-electron chi connectivity index (χ1n) is 10.9. The highest BCUT2D eigenvalue weighted by Gasteiger charge is 2.23. The van der Waals surface area contributed by atoms with E-state index < -0.39 is 16.7 Å². The number of methoxy groups -OCH3 is 1. The number of nitrogens with zero attached hydrogens (tertiary/aromatic N) is 2. The molecule has 2 amide bonds. The Labute approximate surface area is 210 Å². The third-order valence-corrected chi connectivity index (χ3v) is 7.40. The van der Waals surface area contributed by atoms with Crippen LogP contribution in [0.1, 0.15) is 29.3 Å². The summed E-state index contributed by atoms with van der Waals surface area (Å²) >= 11 is 2.37. The molecule has 180 valence electrons. The summed E-state index contributed by atoms with van der Waals surface area (Å²) in [6.07, 6.45) is 0.490. The molecule has 0 aliphatic carbocycles. The molecule has 10 heteroatoms. The van der Waals surface area contributed by atoms with Crippen LogP contribution in [-0.4, -0.2) is 33.8 Å². The van der Waals surface area contributed by atoms with Gasteiger partial charge in [-0.25, -0.2) is 4.98 Å². The normalized spacial score (nSPS) is 11.7. The van der Waals surface area contributed by atoms with E-state index in [9.17, 15) is 14.4 Å². The van der Waals surface area contributed by atoms with Gasteiger partial charge in [0.2, 0.25) is 5.91 Å². The van der Waals surface area contributed by atoms with Gasteiger partial charge < -0.3 is 10.1 Å². The third-order valence-electron chi connectivity index (χ3n) is 5.19. The van der Waals surface area contributed by atoms with Crippen molar-refractivity contribution in [1.29, 1.82) is 0 Å². The number of carbonyl (C=O) groups is 2. The highest BCUT2D eigenvalue weighted by Crippen LogP contribution is 2.27. The minimum absolute atomic E-state index is 0.214. The molecule has 0 fully saturated rings. The highest BCUT2D eigenvalue weighted by molar-refractivity contribution is 8.00. The van der Waals surface area contributed by atoms with Gasteiger partial charge in [0.25, 0.3) is 11.5 Å². The summed E-state index contributed by atoms with van der Waals surface area (Å²) in [6.45, 7) is 3.83. The van der Waals surface area contributed by atoms with E-state index in [-0.39, 0.29) is 11.1 Å². The van der Waals surface area contributed by atoms with Crippen LogP contribution in [0.25, 0.3) is 10.2 Å². The Morgan fingerprint density at radius 1 is 1.17 bits per heavy atom. The third kappa shape index (κ3) is 5.55. The van der Waals surface area contributed by atoms with Gasteiger partial charge in [0.05, 0.1) is 17.9 Å². The van der Waals surface area contributed by atoms with E-state index in [2.05, 4.69) is 15.7 Å². The van der Waals surface area contributed by atoms with Gasteiger partial charge in [0.1, 0.15) is 10.4 Å². The molecule has 0 saturated heterocycles. The first-order chi connectivity index (χ1) is 16.9. The van der Waals surface area contributed by atoms with Crippen molar-refractivity contribution in [3.05, 3.63) is 81.5 Å². The monoisotopic (exact) mass is 508 g/mol. The second kappa shape index (κ2) is 10.7. The van der Waals surface area contributed by atoms with Crippen LogP contribution in [0.2, 0.25) is 0 Å². The predicted octanol–water partition coefficient (Wildman–Crippen LogP) is 4.67. The highest BCUT2D eigenvalue weighted by atomic mass is 32.2. The van der Waals surface area contributed by atoms with Crippen molar-refractivity contribution in [2.75, 3.05) is 17.9 Å². The number of hydrogen-bond donors (Lipinski definition) is 2. The first-order valence-corrected chi connectivity index (χ1v) is 12.7. The summed E-state index contributed by atoms with van der Waals surface area (Å²) in [5, 5.41) is 4.38. The van der Waals surface area contributed by atoms with E-state index in [0.29, 0.717) is 33.6 Å². The molecule has 35 heavy (non-hydrogen) atoms. The van der Waals surface area contributed by atoms with Crippen LogP contribution in [-0.2, 0) is 4.79 Å². The van der Waals surface area contributed by atoms with Crippen LogP contribution >= 0.6 is 23.1 Å². The van der Waals surface area contributed by atoms with Gasteiger partial charge in [-0.3, -0.25) is 19.8 Å². The van der Waals surface area contributed by atoms with E-state index in [0.717, 1.165) is 22.0 Å². The van der Waals surface area contributed by atoms with Crippen molar-refractivity contribution in [2.24, 2.45) is 0 Å². The largest absolute Gasteiger partial charge is 0.497 e. The van der Waals surface area contributed by atoms with Crippen molar-refractivity contribution in [2.45, 2.75) is 30.7 Å². The average molecular weight is 509 g/mol. The molecule has 2 heterocycles. The summed E-state index contributed by atoms with van der Waals surface area (Å²) in [6, 6.07) is 15.9. The number of nitrogens with one attached hydrogen (secondary N) is 2. The van der Waals surface area contributed by atoms with E-state index in [1.54, 1.807) is 35.7 Å². The Hall–Kier alpha value is -3.63. The van der Waals surface area contributed by atoms with Gasteiger partial charge in [-0.2, -0.15) is 4.68 Å². The fourth-order valence-electron chi connectivity index (χ4n) is 3.40. The number of hydrogen-bond acceptors (Lipinski definition) is 7. The number of aromatic nitrogens is 2. The maximum absolute atomic E-state index is 13.2. The van der Waals surface area contributed by atoms with Crippen LogP contribution < -0.4 is 21.0 Å². The number of thiophene rings is 1. The molecule has 0 saturated carbocycles. The molecule has 4 aromatic rings. The molecule has 1 atom stereocenters. The van der Waals surface area contributed by atoms with Crippen LogP contribution in [0, 0.1) is 6.92 Å². The van der Waals surface area contributed by atoms with Gasteiger partial charge in [-0.05, 0) is 60.7 Å². The number of amides is 2. The van der Waals surface area contributed by atoms with Gasteiger partial charge >= 0.3 is 0 Å². The Kier molecular flexibility index (Phi) is 7.52. The molecule has 2 aromatic heterocycles. The zero-order valence-corrected chi connectivity index (χ0v) is 21.0. The van der Waals surface area contributed by atoms with Crippen molar-refractivity contribution in [3.63, 3.8) is 0 Å². The standard InChI is InChI=1S/C25H24N4O4S2/c1-4-20(23(31)26-17-9-5-7-15(2)13-17)35-25-27-19-11-12-34-21(19)24(32)29(25)28-22(30)16-8-6-10-18(14-16)33-3/h5-14,20H,4H2,1-3H3,(H,26,31)(H,28,30). The number of aryl methyl sites for hydroxylation is 1. The molecule has 0 aliphatic heterocycles. The van der Waals surface area contributed by atoms with Crippen LogP contribution in [0.4, 0.5) is 5.69 Å². The number of anilines is 1. The minimum Gasteiger partial charge on any atom is -0.497 e. The fraction of sp³-hybridized carbons (Fsp3) is 0.200. The summed E-state index contributed by atoms with van der Waals surface area (Å²) in [7, 11) is 1.51. The molecular weight excluding hydrogens is 484 g/mol. The Balaban J connectivity index is 1.65. The van der Waals surface area contributed by atoms with Crippen molar-refractivity contribution in [3.8, 4) is 5.75 Å². The SMILES string of the molecule is CCC(Sc1nc2ccsc2c(=O)n1NC(=O)c1cccc(OC)c1)C(=O)Nc1cccc(C)c1. The second-order valence-corrected chi connectivity index (χ2v) is 9.80. The molecule has 1 unspecified atom stereocenters. The number of ether oxygens (including phenoxy) is 1. The smallest absolute Gasteiger partial charge is 0.291 e. The number of carbonyl (C=O) groups excluding carboxylic acids is 2. The van der Waals surface area contributed by atoms with Gasteiger partial charge in [0, 0.05) is 11.3 Å². The lowest BCUT2D eigenvalue weighted by Crippen LogP contribution is -2.35. The van der Waals surface area contributed by atoms with E-state index >= 15 is 0 Å². The molecule has 0 aliphatic rings. The Morgan fingerprint density at radius 3 is 2.71 bits per heavy atom. The topological polar surface area (TPSA) is 102 Å². The molecule has 0 spiro atoms. The van der Waals surface area contributed by atoms with Crippen LogP contribution in [0.15, 0.2) is 69.9 Å². The number of fused-ring (bicyclic) bond motifs is 1. The maximum Gasteiger partial charge on any atom is 0.291 e. The first kappa shape index (κ1) is 24.5. The second-order valence-electron chi connectivity index (χ2n) is 7.72.